The summed E-state index contributed by atoms with van der Waals surface area (Å²) in [6.07, 6.45) is 0.938. The number of aliphatic hydroxyl groups excluding tert-OH is 1. The molecule has 2 atom stereocenters. The highest BCUT2D eigenvalue weighted by Gasteiger charge is 2.11. The third-order valence-corrected chi connectivity index (χ3v) is 2.93. The van der Waals surface area contributed by atoms with E-state index in [-0.39, 0.29) is 18.1 Å². The number of aliphatic hydroxyl groups is 1. The highest BCUT2D eigenvalue weighted by Crippen LogP contribution is 2.15. The molecule has 112 valence electrons. The molecule has 0 saturated heterocycles. The zero-order valence-electron chi connectivity index (χ0n) is 12.7. The largest absolute Gasteiger partial charge is 0.491 e. The first-order valence-electron chi connectivity index (χ1n) is 7.12. The van der Waals surface area contributed by atoms with Gasteiger partial charge in [0, 0.05) is 6.04 Å². The molecule has 0 aliphatic carbocycles. The van der Waals surface area contributed by atoms with Crippen LogP contribution >= 0.6 is 0 Å². The Bertz CT molecular complexity index is 412. The van der Waals surface area contributed by atoms with E-state index in [1.54, 1.807) is 0 Å². The molecule has 0 saturated carbocycles. The number of hydrogen-bond donors (Lipinski definition) is 2. The Morgan fingerprint density at radius 2 is 1.80 bits per heavy atom. The predicted molar refractivity (Wildman–Crippen MR) is 79.8 cm³/mol. The number of rotatable bonds is 7. The summed E-state index contributed by atoms with van der Waals surface area (Å²) in [6, 6.07) is 8.06. The summed E-state index contributed by atoms with van der Waals surface area (Å²) < 4.78 is 5.59. The zero-order valence-corrected chi connectivity index (χ0v) is 12.7. The van der Waals surface area contributed by atoms with Gasteiger partial charge in [-0.15, -0.1) is 0 Å². The summed E-state index contributed by atoms with van der Waals surface area (Å²) >= 11 is 0. The van der Waals surface area contributed by atoms with Crippen LogP contribution in [0.15, 0.2) is 24.3 Å². The van der Waals surface area contributed by atoms with Gasteiger partial charge in [-0.3, -0.25) is 4.79 Å². The minimum atomic E-state index is -0.954. The van der Waals surface area contributed by atoms with E-state index in [1.165, 1.54) is 12.5 Å². The SMILES string of the molecule is CC(CCc1ccc(OC(C)C)cc1)NC(=O)C(C)O. The van der Waals surface area contributed by atoms with Crippen molar-refractivity contribution in [3.05, 3.63) is 29.8 Å². The molecule has 4 heteroatoms. The van der Waals surface area contributed by atoms with Crippen LogP contribution in [0.3, 0.4) is 0 Å². The fraction of sp³-hybridized carbons (Fsp3) is 0.562. The second-order valence-corrected chi connectivity index (χ2v) is 5.43. The van der Waals surface area contributed by atoms with E-state index in [9.17, 15) is 4.79 Å². The van der Waals surface area contributed by atoms with Crippen LogP contribution in [0.25, 0.3) is 0 Å². The molecule has 1 rings (SSSR count). The summed E-state index contributed by atoms with van der Waals surface area (Å²) in [6.45, 7) is 7.41. The first-order valence-corrected chi connectivity index (χ1v) is 7.12. The Kier molecular flexibility index (Phi) is 6.52. The van der Waals surface area contributed by atoms with Crippen LogP contribution in [0.2, 0.25) is 0 Å². The lowest BCUT2D eigenvalue weighted by Crippen LogP contribution is -2.38. The summed E-state index contributed by atoms with van der Waals surface area (Å²) in [5.41, 5.74) is 1.21. The van der Waals surface area contributed by atoms with E-state index in [4.69, 9.17) is 9.84 Å². The third kappa shape index (κ3) is 6.06. The minimum Gasteiger partial charge on any atom is -0.491 e. The Hall–Kier alpha value is -1.55. The molecule has 0 aliphatic heterocycles. The molecule has 1 amide bonds. The van der Waals surface area contributed by atoms with Gasteiger partial charge in [0.25, 0.3) is 0 Å². The second-order valence-electron chi connectivity index (χ2n) is 5.43. The fourth-order valence-corrected chi connectivity index (χ4v) is 1.83. The van der Waals surface area contributed by atoms with Crippen molar-refractivity contribution in [3.8, 4) is 5.75 Å². The van der Waals surface area contributed by atoms with Crippen LogP contribution in [-0.4, -0.2) is 29.3 Å². The van der Waals surface area contributed by atoms with Crippen LogP contribution in [0, 0.1) is 0 Å². The van der Waals surface area contributed by atoms with E-state index in [0.717, 1.165) is 18.6 Å². The average molecular weight is 279 g/mol. The lowest BCUT2D eigenvalue weighted by molar-refractivity contribution is -0.129. The predicted octanol–water partition coefficient (Wildman–Crippen LogP) is 2.29. The van der Waals surface area contributed by atoms with Crippen molar-refractivity contribution < 1.29 is 14.6 Å². The van der Waals surface area contributed by atoms with Gasteiger partial charge in [0.2, 0.25) is 5.91 Å². The number of amides is 1. The highest BCUT2D eigenvalue weighted by molar-refractivity contribution is 5.80. The number of aryl methyl sites for hydroxylation is 1. The normalized spacial score (nSPS) is 13.9. The standard InChI is InChI=1S/C16H25NO3/c1-11(2)20-15-9-7-14(8-10-15)6-5-12(3)17-16(19)13(4)18/h7-13,18H,5-6H2,1-4H3,(H,17,19). The Balaban J connectivity index is 2.39. The second kappa shape index (κ2) is 7.90. The topological polar surface area (TPSA) is 58.6 Å². The molecular formula is C16H25NO3. The lowest BCUT2D eigenvalue weighted by Gasteiger charge is -2.15. The molecule has 1 aromatic rings. The average Bonchev–Trinajstić information content (AvgIpc) is 2.37. The van der Waals surface area contributed by atoms with Crippen molar-refractivity contribution >= 4 is 5.91 Å². The van der Waals surface area contributed by atoms with Gasteiger partial charge in [0.05, 0.1) is 6.10 Å². The van der Waals surface area contributed by atoms with Crippen molar-refractivity contribution in [1.82, 2.24) is 5.32 Å². The van der Waals surface area contributed by atoms with Crippen molar-refractivity contribution in [3.63, 3.8) is 0 Å². The van der Waals surface area contributed by atoms with Gasteiger partial charge in [0.1, 0.15) is 11.9 Å². The molecule has 0 aliphatic rings. The van der Waals surface area contributed by atoms with Crippen LogP contribution in [0.5, 0.6) is 5.75 Å². The Labute approximate surface area is 121 Å². The number of nitrogens with one attached hydrogen (secondary N) is 1. The zero-order chi connectivity index (χ0) is 15.1. The van der Waals surface area contributed by atoms with Gasteiger partial charge in [-0.2, -0.15) is 0 Å². The molecule has 0 bridgehead atoms. The van der Waals surface area contributed by atoms with Crippen molar-refractivity contribution in [1.29, 1.82) is 0 Å². The monoisotopic (exact) mass is 279 g/mol. The van der Waals surface area contributed by atoms with Gasteiger partial charge in [0.15, 0.2) is 0 Å². The molecule has 0 spiro atoms. The van der Waals surface area contributed by atoms with Crippen LogP contribution in [0.1, 0.15) is 39.7 Å². The number of ether oxygens (including phenoxy) is 1. The van der Waals surface area contributed by atoms with Crippen LogP contribution in [0.4, 0.5) is 0 Å². The van der Waals surface area contributed by atoms with Crippen molar-refractivity contribution in [2.75, 3.05) is 0 Å². The maximum Gasteiger partial charge on any atom is 0.248 e. The molecule has 0 heterocycles. The van der Waals surface area contributed by atoms with Crippen molar-refractivity contribution in [2.45, 2.75) is 58.8 Å². The molecule has 0 radical (unpaired) electrons. The molecule has 0 fully saturated rings. The van der Waals surface area contributed by atoms with Gasteiger partial charge < -0.3 is 15.2 Å². The minimum absolute atomic E-state index is 0.0451. The molecule has 0 aromatic heterocycles. The van der Waals surface area contributed by atoms with E-state index in [2.05, 4.69) is 5.32 Å². The fourth-order valence-electron chi connectivity index (χ4n) is 1.83. The Morgan fingerprint density at radius 3 is 2.30 bits per heavy atom. The van der Waals surface area contributed by atoms with Crippen molar-refractivity contribution in [2.24, 2.45) is 0 Å². The van der Waals surface area contributed by atoms with Crippen LogP contribution < -0.4 is 10.1 Å². The molecule has 1 aromatic carbocycles. The van der Waals surface area contributed by atoms with E-state index >= 15 is 0 Å². The summed E-state index contributed by atoms with van der Waals surface area (Å²) in [5.74, 6) is 0.553. The number of benzene rings is 1. The smallest absolute Gasteiger partial charge is 0.248 e. The quantitative estimate of drug-likeness (QED) is 0.805. The Morgan fingerprint density at radius 1 is 1.20 bits per heavy atom. The maximum atomic E-state index is 11.3. The molecule has 4 nitrogen and oxygen atoms in total. The van der Waals surface area contributed by atoms with E-state index in [1.807, 2.05) is 45.0 Å². The van der Waals surface area contributed by atoms with E-state index in [0.29, 0.717) is 0 Å². The summed E-state index contributed by atoms with van der Waals surface area (Å²) in [5, 5.41) is 11.9. The van der Waals surface area contributed by atoms with Gasteiger partial charge in [-0.05, 0) is 58.2 Å². The first-order chi connectivity index (χ1) is 9.38. The molecule has 20 heavy (non-hydrogen) atoms. The maximum absolute atomic E-state index is 11.3. The third-order valence-electron chi connectivity index (χ3n) is 2.93. The lowest BCUT2D eigenvalue weighted by atomic mass is 10.1. The first kappa shape index (κ1) is 16.5. The number of hydrogen-bond acceptors (Lipinski definition) is 3. The van der Waals surface area contributed by atoms with Gasteiger partial charge in [-0.25, -0.2) is 0 Å². The number of carbonyl (C=O) groups excluding carboxylic acids is 1. The van der Waals surface area contributed by atoms with E-state index < -0.39 is 6.10 Å². The van der Waals surface area contributed by atoms with Gasteiger partial charge in [-0.1, -0.05) is 12.1 Å². The molecule has 2 N–H and O–H groups in total. The van der Waals surface area contributed by atoms with Gasteiger partial charge >= 0.3 is 0 Å². The summed E-state index contributed by atoms with van der Waals surface area (Å²) in [4.78, 5) is 11.3. The molecular weight excluding hydrogens is 254 g/mol. The van der Waals surface area contributed by atoms with Crippen LogP contribution in [-0.2, 0) is 11.2 Å². The number of carbonyl (C=O) groups is 1. The molecule has 2 unspecified atom stereocenters. The summed E-state index contributed by atoms with van der Waals surface area (Å²) in [7, 11) is 0. The highest BCUT2D eigenvalue weighted by atomic mass is 16.5.